The van der Waals surface area contributed by atoms with Gasteiger partial charge in [0.05, 0.1) is 27.2 Å². The van der Waals surface area contributed by atoms with Crippen molar-refractivity contribution in [1.82, 2.24) is 14.9 Å². The second kappa shape index (κ2) is 8.41. The highest BCUT2D eigenvalue weighted by atomic mass is 35.5. The Hall–Kier alpha value is -3.32. The van der Waals surface area contributed by atoms with Gasteiger partial charge in [0, 0.05) is 12.1 Å². The molecule has 0 unspecified atom stereocenters. The fraction of sp³-hybridized carbons (Fsp3) is 0.259. The first-order valence-electron chi connectivity index (χ1n) is 11.3. The Morgan fingerprint density at radius 2 is 1.86 bits per heavy atom. The Bertz CT molecular complexity index is 1430. The molecule has 1 fully saturated rings. The molecule has 8 heteroatoms. The van der Waals surface area contributed by atoms with Crippen molar-refractivity contribution in [3.63, 3.8) is 0 Å². The second-order valence-electron chi connectivity index (χ2n) is 9.13. The maximum Gasteiger partial charge on any atom is 0.417 e. The SMILES string of the molecule is Cc1cccc(C(=O)N2CCC[C@@]2(C)c2nc3cc(C(F)(F)F)c(Cl)cc3[nH]2)c1-c1ccccc1. The summed E-state index contributed by atoms with van der Waals surface area (Å²) >= 11 is 5.91. The second-order valence-corrected chi connectivity index (χ2v) is 9.54. The van der Waals surface area contributed by atoms with Crippen LogP contribution in [0.15, 0.2) is 60.7 Å². The highest BCUT2D eigenvalue weighted by Gasteiger charge is 2.44. The van der Waals surface area contributed by atoms with Gasteiger partial charge in [-0.15, -0.1) is 0 Å². The summed E-state index contributed by atoms with van der Waals surface area (Å²) in [5.74, 6) is 0.310. The van der Waals surface area contributed by atoms with E-state index in [2.05, 4.69) is 9.97 Å². The Kier molecular flexibility index (Phi) is 5.63. The van der Waals surface area contributed by atoms with E-state index in [1.165, 1.54) is 6.07 Å². The first-order valence-corrected chi connectivity index (χ1v) is 11.7. The van der Waals surface area contributed by atoms with Crippen LogP contribution in [0.1, 0.15) is 47.1 Å². The molecule has 0 aliphatic carbocycles. The quantitative estimate of drug-likeness (QED) is 0.321. The molecule has 0 bridgehead atoms. The molecule has 35 heavy (non-hydrogen) atoms. The molecule has 1 saturated heterocycles. The van der Waals surface area contributed by atoms with Crippen LogP contribution in [0, 0.1) is 6.92 Å². The Morgan fingerprint density at radius 1 is 1.11 bits per heavy atom. The molecule has 0 radical (unpaired) electrons. The molecule has 1 amide bonds. The van der Waals surface area contributed by atoms with Gasteiger partial charge in [0.15, 0.2) is 0 Å². The topological polar surface area (TPSA) is 49.0 Å². The van der Waals surface area contributed by atoms with Gasteiger partial charge in [-0.3, -0.25) is 4.79 Å². The molecular weight excluding hydrogens is 475 g/mol. The average Bonchev–Trinajstić information content (AvgIpc) is 3.42. The van der Waals surface area contributed by atoms with Crippen molar-refractivity contribution in [2.75, 3.05) is 6.54 Å². The van der Waals surface area contributed by atoms with E-state index >= 15 is 0 Å². The number of imidazole rings is 1. The zero-order chi connectivity index (χ0) is 25.0. The molecule has 4 nitrogen and oxygen atoms in total. The number of nitrogens with zero attached hydrogens (tertiary/aromatic N) is 2. The fourth-order valence-electron chi connectivity index (χ4n) is 5.02. The van der Waals surface area contributed by atoms with Crippen LogP contribution in [0.5, 0.6) is 0 Å². The minimum absolute atomic E-state index is 0.137. The number of nitrogens with one attached hydrogen (secondary N) is 1. The van der Waals surface area contributed by atoms with E-state index in [0.717, 1.165) is 29.2 Å². The van der Waals surface area contributed by atoms with Gasteiger partial charge < -0.3 is 9.88 Å². The first-order chi connectivity index (χ1) is 16.6. The number of hydrogen-bond acceptors (Lipinski definition) is 2. The van der Waals surface area contributed by atoms with E-state index in [-0.39, 0.29) is 11.4 Å². The average molecular weight is 498 g/mol. The molecule has 0 spiro atoms. The van der Waals surface area contributed by atoms with Crippen LogP contribution in [0.25, 0.3) is 22.2 Å². The maximum atomic E-state index is 14.0. The molecule has 1 aromatic heterocycles. The molecule has 1 aliphatic rings. The van der Waals surface area contributed by atoms with Crippen LogP contribution in [0.4, 0.5) is 13.2 Å². The number of benzene rings is 3. The van der Waals surface area contributed by atoms with Gasteiger partial charge in [-0.1, -0.05) is 54.1 Å². The van der Waals surface area contributed by atoms with Crippen molar-refractivity contribution >= 4 is 28.5 Å². The largest absolute Gasteiger partial charge is 0.417 e. The normalized spacial score (nSPS) is 18.4. The molecule has 4 aromatic rings. The highest BCUT2D eigenvalue weighted by molar-refractivity contribution is 6.32. The van der Waals surface area contributed by atoms with Crippen molar-refractivity contribution in [1.29, 1.82) is 0 Å². The summed E-state index contributed by atoms with van der Waals surface area (Å²) in [5.41, 5.74) is 2.23. The van der Waals surface area contributed by atoms with Crippen molar-refractivity contribution in [2.45, 2.75) is 38.4 Å². The van der Waals surface area contributed by atoms with Crippen molar-refractivity contribution in [3.05, 3.63) is 88.2 Å². The summed E-state index contributed by atoms with van der Waals surface area (Å²) in [4.78, 5) is 23.4. The summed E-state index contributed by atoms with van der Waals surface area (Å²) in [5, 5.41) is -0.392. The number of likely N-dealkylation sites (tertiary alicyclic amines) is 1. The number of aromatic nitrogens is 2. The summed E-state index contributed by atoms with van der Waals surface area (Å²) < 4.78 is 40.1. The molecule has 0 saturated carbocycles. The Balaban J connectivity index is 1.58. The molecule has 180 valence electrons. The summed E-state index contributed by atoms with van der Waals surface area (Å²) in [6, 6.07) is 17.6. The third-order valence-corrected chi connectivity index (χ3v) is 7.15. The number of H-pyrrole nitrogens is 1. The number of rotatable bonds is 3. The minimum atomic E-state index is -4.58. The van der Waals surface area contributed by atoms with E-state index < -0.39 is 22.3 Å². The van der Waals surface area contributed by atoms with Gasteiger partial charge in [-0.2, -0.15) is 13.2 Å². The number of aryl methyl sites for hydroxylation is 1. The van der Waals surface area contributed by atoms with Crippen LogP contribution >= 0.6 is 11.6 Å². The zero-order valence-corrected chi connectivity index (χ0v) is 20.0. The summed E-state index contributed by atoms with van der Waals surface area (Å²) in [6.45, 7) is 4.40. The van der Waals surface area contributed by atoms with Crippen LogP contribution in [-0.4, -0.2) is 27.3 Å². The number of hydrogen-bond donors (Lipinski definition) is 1. The molecule has 3 aromatic carbocycles. The number of halogens is 4. The molecular formula is C27H23ClF3N3O. The lowest BCUT2D eigenvalue weighted by Gasteiger charge is -2.34. The highest BCUT2D eigenvalue weighted by Crippen LogP contribution is 2.42. The van der Waals surface area contributed by atoms with Gasteiger partial charge in [-0.25, -0.2) is 4.98 Å². The molecule has 5 rings (SSSR count). The van der Waals surface area contributed by atoms with Gasteiger partial charge in [-0.05, 0) is 61.6 Å². The van der Waals surface area contributed by atoms with Gasteiger partial charge in [0.1, 0.15) is 5.82 Å². The lowest BCUT2D eigenvalue weighted by Crippen LogP contribution is -2.43. The smallest absolute Gasteiger partial charge is 0.340 e. The lowest BCUT2D eigenvalue weighted by molar-refractivity contribution is -0.137. The van der Waals surface area contributed by atoms with Crippen molar-refractivity contribution in [2.24, 2.45) is 0 Å². The van der Waals surface area contributed by atoms with E-state index in [1.54, 1.807) is 4.90 Å². The standard InChI is InChI=1S/C27H23ClF3N3O/c1-16-8-6-11-18(23(16)17-9-4-3-5-10-17)24(35)34-13-7-12-26(34,2)25-32-21-14-19(27(29,30)31)20(28)15-22(21)33-25/h3-6,8-11,14-15H,7,12-13H2,1-2H3,(H,32,33)/t26-/m0/s1. The Labute approximate surface area is 205 Å². The maximum absolute atomic E-state index is 14.0. The van der Waals surface area contributed by atoms with Crippen molar-refractivity contribution in [3.8, 4) is 11.1 Å². The molecule has 1 atom stereocenters. The number of aromatic amines is 1. The summed E-state index contributed by atoms with van der Waals surface area (Å²) in [6.07, 6.45) is -3.20. The fourth-order valence-corrected chi connectivity index (χ4v) is 5.29. The number of fused-ring (bicyclic) bond motifs is 1. The zero-order valence-electron chi connectivity index (χ0n) is 19.2. The Morgan fingerprint density at radius 3 is 2.57 bits per heavy atom. The van der Waals surface area contributed by atoms with Gasteiger partial charge >= 0.3 is 6.18 Å². The third kappa shape index (κ3) is 3.97. The minimum Gasteiger partial charge on any atom is -0.340 e. The molecule has 1 N–H and O–H groups in total. The number of alkyl halides is 3. The van der Waals surface area contributed by atoms with E-state index in [1.807, 2.05) is 62.4 Å². The monoisotopic (exact) mass is 497 g/mol. The van der Waals surface area contributed by atoms with E-state index in [0.29, 0.717) is 29.9 Å². The number of carbonyl (C=O) groups is 1. The van der Waals surface area contributed by atoms with Crippen LogP contribution in [-0.2, 0) is 11.7 Å². The van der Waals surface area contributed by atoms with Crippen LogP contribution in [0.3, 0.4) is 0 Å². The first kappa shape index (κ1) is 23.4. The van der Waals surface area contributed by atoms with E-state index in [9.17, 15) is 18.0 Å². The number of amides is 1. The molecule has 2 heterocycles. The van der Waals surface area contributed by atoms with Gasteiger partial charge in [0.2, 0.25) is 0 Å². The predicted octanol–water partition coefficient (Wildman–Crippen LogP) is 7.36. The van der Waals surface area contributed by atoms with Gasteiger partial charge in [0.25, 0.3) is 5.91 Å². The number of carbonyl (C=O) groups excluding carboxylic acids is 1. The van der Waals surface area contributed by atoms with Crippen molar-refractivity contribution < 1.29 is 18.0 Å². The van der Waals surface area contributed by atoms with Crippen LogP contribution in [0.2, 0.25) is 5.02 Å². The van der Waals surface area contributed by atoms with E-state index in [4.69, 9.17) is 11.6 Å². The van der Waals surface area contributed by atoms with Crippen LogP contribution < -0.4 is 0 Å². The molecule has 1 aliphatic heterocycles. The third-order valence-electron chi connectivity index (χ3n) is 6.84. The predicted molar refractivity (Wildman–Crippen MR) is 130 cm³/mol. The summed E-state index contributed by atoms with van der Waals surface area (Å²) in [7, 11) is 0. The lowest BCUT2D eigenvalue weighted by atomic mass is 9.92.